The number of nitrogens with zero attached hydrogens (tertiary/aromatic N) is 2. The van der Waals surface area contributed by atoms with Crippen LogP contribution in [0.1, 0.15) is 54.4 Å². The van der Waals surface area contributed by atoms with Crippen molar-refractivity contribution in [3.8, 4) is 17.1 Å². The topological polar surface area (TPSA) is 109 Å². The number of aromatic nitrogens is 1. The molecule has 0 spiro atoms. The summed E-state index contributed by atoms with van der Waals surface area (Å²) >= 11 is 10.9. The number of carbonyl (C=O) groups is 2. The maximum Gasteiger partial charge on any atom is 0.338 e. The van der Waals surface area contributed by atoms with E-state index in [1.165, 1.54) is 23.0 Å². The Morgan fingerprint density at radius 1 is 1.11 bits per heavy atom. The molecule has 2 aromatic carbocycles. The Kier molecular flexibility index (Phi) is 9.57. The van der Waals surface area contributed by atoms with Crippen LogP contribution in [0.15, 0.2) is 78.5 Å². The van der Waals surface area contributed by atoms with E-state index in [1.54, 1.807) is 56.5 Å². The van der Waals surface area contributed by atoms with E-state index in [9.17, 15) is 14.4 Å². The van der Waals surface area contributed by atoms with Gasteiger partial charge in [0.2, 0.25) is 0 Å². The molecule has 9 nitrogen and oxygen atoms in total. The standard InChI is InChI=1S/C32H28BrClN2O7S/c1-5-7-23-27(31(39)42-6-2)28(17-8-12-25(40-3)22(33)14-17)36-29(37)26(44-32(36)35-23)16-19-10-13-24(43-19)21-15-18(34)9-11-20(21)30(38)41-4/h8-16,28H,5-7H2,1-4H3/b26-16+/t28-/m0/s1. The van der Waals surface area contributed by atoms with Gasteiger partial charge in [-0.3, -0.25) is 9.36 Å². The summed E-state index contributed by atoms with van der Waals surface area (Å²) in [5.41, 5.74) is 1.98. The van der Waals surface area contributed by atoms with Crippen LogP contribution in [0.5, 0.6) is 5.75 Å². The number of hydrogen-bond acceptors (Lipinski definition) is 9. The molecule has 5 rings (SSSR count). The molecule has 0 bridgehead atoms. The first-order valence-electron chi connectivity index (χ1n) is 13.7. The predicted octanol–water partition coefficient (Wildman–Crippen LogP) is 6.05. The highest BCUT2D eigenvalue weighted by Gasteiger charge is 2.34. The fourth-order valence-corrected chi connectivity index (χ4v) is 6.73. The molecule has 0 unspecified atom stereocenters. The number of fused-ring (bicyclic) bond motifs is 1. The van der Waals surface area contributed by atoms with Gasteiger partial charge >= 0.3 is 11.9 Å². The first-order chi connectivity index (χ1) is 21.2. The summed E-state index contributed by atoms with van der Waals surface area (Å²) in [4.78, 5) is 45.0. The number of carbonyl (C=O) groups excluding carboxylic acids is 2. The van der Waals surface area contributed by atoms with Crippen LogP contribution in [0.2, 0.25) is 5.02 Å². The van der Waals surface area contributed by atoms with E-state index >= 15 is 0 Å². The molecule has 4 aromatic rings. The van der Waals surface area contributed by atoms with E-state index < -0.39 is 18.0 Å². The summed E-state index contributed by atoms with van der Waals surface area (Å²) in [7, 11) is 2.86. The van der Waals surface area contributed by atoms with Gasteiger partial charge in [0.25, 0.3) is 5.56 Å². The zero-order valence-corrected chi connectivity index (χ0v) is 27.5. The van der Waals surface area contributed by atoms with Crippen LogP contribution < -0.4 is 19.6 Å². The molecule has 0 amide bonds. The quantitative estimate of drug-likeness (QED) is 0.196. The van der Waals surface area contributed by atoms with Gasteiger partial charge < -0.3 is 18.6 Å². The maximum absolute atomic E-state index is 14.1. The molecule has 44 heavy (non-hydrogen) atoms. The highest BCUT2D eigenvalue weighted by atomic mass is 79.9. The highest BCUT2D eigenvalue weighted by molar-refractivity contribution is 9.10. The summed E-state index contributed by atoms with van der Waals surface area (Å²) in [6.07, 6.45) is 2.88. The Morgan fingerprint density at radius 2 is 1.91 bits per heavy atom. The lowest BCUT2D eigenvalue weighted by Gasteiger charge is -2.26. The minimum atomic E-state index is -0.780. The molecule has 0 N–H and O–H groups in total. The van der Waals surface area contributed by atoms with E-state index in [0.717, 1.165) is 6.42 Å². The molecule has 0 aliphatic carbocycles. The number of ether oxygens (including phenoxy) is 3. The van der Waals surface area contributed by atoms with Crippen molar-refractivity contribution in [3.63, 3.8) is 0 Å². The van der Waals surface area contributed by atoms with Gasteiger partial charge in [0.15, 0.2) is 4.80 Å². The summed E-state index contributed by atoms with van der Waals surface area (Å²) < 4.78 is 24.4. The smallest absolute Gasteiger partial charge is 0.338 e. The van der Waals surface area contributed by atoms with E-state index in [1.807, 2.05) is 19.1 Å². The zero-order chi connectivity index (χ0) is 31.5. The molecule has 1 aliphatic heterocycles. The largest absolute Gasteiger partial charge is 0.496 e. The summed E-state index contributed by atoms with van der Waals surface area (Å²) in [6, 6.07) is 12.8. The molecular weight excluding hydrogens is 672 g/mol. The number of halogens is 2. The second-order valence-corrected chi connectivity index (χ2v) is 12.0. The molecule has 0 fully saturated rings. The van der Waals surface area contributed by atoms with Crippen molar-refractivity contribution in [2.75, 3.05) is 20.8 Å². The van der Waals surface area contributed by atoms with Crippen LogP contribution in [0.3, 0.4) is 0 Å². The third-order valence-corrected chi connectivity index (χ3v) is 8.77. The zero-order valence-electron chi connectivity index (χ0n) is 24.3. The number of rotatable bonds is 9. The van der Waals surface area contributed by atoms with Crippen molar-refractivity contribution in [1.29, 1.82) is 0 Å². The van der Waals surface area contributed by atoms with Crippen molar-refractivity contribution >= 4 is 56.9 Å². The first-order valence-corrected chi connectivity index (χ1v) is 15.7. The van der Waals surface area contributed by atoms with Crippen LogP contribution in [0, 0.1) is 0 Å². The third-order valence-electron chi connectivity index (χ3n) is 6.94. The third kappa shape index (κ3) is 6.04. The lowest BCUT2D eigenvalue weighted by molar-refractivity contribution is -0.139. The Balaban J connectivity index is 1.68. The minimum absolute atomic E-state index is 0.177. The molecule has 0 saturated carbocycles. The van der Waals surface area contributed by atoms with Gasteiger partial charge in [0.05, 0.1) is 52.7 Å². The van der Waals surface area contributed by atoms with Crippen molar-refractivity contribution in [3.05, 3.63) is 106 Å². The van der Waals surface area contributed by atoms with Gasteiger partial charge in [-0.1, -0.05) is 42.3 Å². The van der Waals surface area contributed by atoms with Crippen LogP contribution in [-0.4, -0.2) is 37.3 Å². The lowest BCUT2D eigenvalue weighted by Crippen LogP contribution is -2.40. The SMILES string of the molecule is CCCC1=C(C(=O)OCC)[C@H](c2ccc(OC)c(Br)c2)n2c(s/c(=C/c3ccc(-c4cc(Cl)ccc4C(=O)OC)o3)c2=O)=N1. The number of methoxy groups -OCH3 is 2. The first kappa shape index (κ1) is 31.5. The highest BCUT2D eigenvalue weighted by Crippen LogP contribution is 2.36. The van der Waals surface area contributed by atoms with E-state index in [0.29, 0.717) is 64.9 Å². The van der Waals surface area contributed by atoms with Crippen molar-refractivity contribution in [2.45, 2.75) is 32.7 Å². The van der Waals surface area contributed by atoms with Crippen LogP contribution >= 0.6 is 38.9 Å². The van der Waals surface area contributed by atoms with Crippen LogP contribution in [0.25, 0.3) is 17.4 Å². The summed E-state index contributed by atoms with van der Waals surface area (Å²) in [5, 5.41) is 0.421. The molecular formula is C32H28BrClN2O7S. The second-order valence-electron chi connectivity index (χ2n) is 9.69. The van der Waals surface area contributed by atoms with Gasteiger partial charge in [-0.05, 0) is 77.3 Å². The fourth-order valence-electron chi connectivity index (χ4n) is 5.00. The minimum Gasteiger partial charge on any atom is -0.496 e. The normalized spacial score (nSPS) is 14.7. The fraction of sp³-hybridized carbons (Fsp3) is 0.250. The molecule has 228 valence electrons. The average Bonchev–Trinajstić information content (AvgIpc) is 3.60. The lowest BCUT2D eigenvalue weighted by atomic mass is 9.94. The molecule has 1 atom stereocenters. The van der Waals surface area contributed by atoms with Crippen LogP contribution in [0.4, 0.5) is 0 Å². The van der Waals surface area contributed by atoms with E-state index in [4.69, 9.17) is 35.2 Å². The Morgan fingerprint density at radius 3 is 2.59 bits per heavy atom. The summed E-state index contributed by atoms with van der Waals surface area (Å²) in [6.45, 7) is 3.91. The molecule has 12 heteroatoms. The monoisotopic (exact) mass is 698 g/mol. The number of thiazole rings is 1. The number of benzene rings is 2. The van der Waals surface area contributed by atoms with E-state index in [2.05, 4.69) is 15.9 Å². The predicted molar refractivity (Wildman–Crippen MR) is 171 cm³/mol. The van der Waals surface area contributed by atoms with E-state index in [-0.39, 0.29) is 17.7 Å². The van der Waals surface area contributed by atoms with Gasteiger partial charge in [0, 0.05) is 16.7 Å². The molecule has 3 heterocycles. The second kappa shape index (κ2) is 13.4. The van der Waals surface area contributed by atoms with Crippen molar-refractivity contribution < 1.29 is 28.2 Å². The Labute approximate surface area is 270 Å². The van der Waals surface area contributed by atoms with Crippen LogP contribution in [-0.2, 0) is 14.3 Å². The average molecular weight is 700 g/mol. The number of allylic oxidation sites excluding steroid dienone is 1. The Hall–Kier alpha value is -3.93. The maximum atomic E-state index is 14.1. The molecule has 1 aliphatic rings. The molecule has 0 saturated heterocycles. The summed E-state index contributed by atoms with van der Waals surface area (Å²) in [5.74, 6) is 0.309. The van der Waals surface area contributed by atoms with Gasteiger partial charge in [-0.25, -0.2) is 14.6 Å². The van der Waals surface area contributed by atoms with Crippen molar-refractivity contribution in [1.82, 2.24) is 4.57 Å². The number of hydrogen-bond donors (Lipinski definition) is 0. The number of furan rings is 1. The molecule has 0 radical (unpaired) electrons. The molecule has 2 aromatic heterocycles. The Bertz CT molecular complexity index is 1970. The van der Waals surface area contributed by atoms with Crippen molar-refractivity contribution in [2.24, 2.45) is 4.99 Å². The van der Waals surface area contributed by atoms with Gasteiger partial charge in [-0.2, -0.15) is 0 Å². The number of esters is 2. The van der Waals surface area contributed by atoms with Gasteiger partial charge in [-0.15, -0.1) is 0 Å². The van der Waals surface area contributed by atoms with Gasteiger partial charge in [0.1, 0.15) is 17.3 Å².